The predicted molar refractivity (Wildman–Crippen MR) is 80.2 cm³/mol. The lowest BCUT2D eigenvalue weighted by Gasteiger charge is -2.14. The third-order valence-corrected chi connectivity index (χ3v) is 4.49. The van der Waals surface area contributed by atoms with Gasteiger partial charge in [-0.3, -0.25) is 0 Å². The molecule has 0 atom stereocenters. The van der Waals surface area contributed by atoms with Crippen LogP contribution in [0.2, 0.25) is 10.3 Å². The Kier molecular flexibility index (Phi) is 4.04. The average molecular weight is 328 g/mol. The van der Waals surface area contributed by atoms with Crippen LogP contribution < -0.4 is 0 Å². The van der Waals surface area contributed by atoms with Crippen LogP contribution in [-0.4, -0.2) is 27.2 Å². The average Bonchev–Trinajstić information content (AvgIpc) is 3.08. The van der Waals surface area contributed by atoms with Gasteiger partial charge in [0.1, 0.15) is 15.9 Å². The van der Waals surface area contributed by atoms with E-state index in [-0.39, 0.29) is 12.2 Å². The SMILES string of the molecule is CCOC(=O)c1cnn2c(Cl)c(C3CCCC3)c(Cl)nc12. The summed E-state index contributed by atoms with van der Waals surface area (Å²) in [6.07, 6.45) is 5.86. The highest BCUT2D eigenvalue weighted by Crippen LogP contribution is 2.40. The summed E-state index contributed by atoms with van der Waals surface area (Å²) in [6.45, 7) is 2.03. The predicted octanol–water partition coefficient (Wildman–Crippen LogP) is 3.87. The van der Waals surface area contributed by atoms with E-state index < -0.39 is 5.97 Å². The molecule has 0 spiro atoms. The fourth-order valence-corrected chi connectivity index (χ4v) is 3.59. The molecule has 0 amide bonds. The maximum atomic E-state index is 11.9. The molecular formula is C14H15Cl2N3O2. The molecule has 21 heavy (non-hydrogen) atoms. The van der Waals surface area contributed by atoms with Gasteiger partial charge in [-0.05, 0) is 25.7 Å². The van der Waals surface area contributed by atoms with E-state index in [1.807, 2.05) is 0 Å². The molecule has 0 N–H and O–H groups in total. The highest BCUT2D eigenvalue weighted by atomic mass is 35.5. The van der Waals surface area contributed by atoms with Gasteiger partial charge in [0.05, 0.1) is 12.8 Å². The van der Waals surface area contributed by atoms with Gasteiger partial charge < -0.3 is 4.74 Å². The van der Waals surface area contributed by atoms with Gasteiger partial charge in [0.2, 0.25) is 0 Å². The molecule has 2 aromatic rings. The number of carbonyl (C=O) groups is 1. The van der Waals surface area contributed by atoms with E-state index in [0.29, 0.717) is 21.9 Å². The van der Waals surface area contributed by atoms with E-state index in [1.165, 1.54) is 23.6 Å². The number of carbonyl (C=O) groups excluding carboxylic acids is 1. The zero-order chi connectivity index (χ0) is 15.0. The topological polar surface area (TPSA) is 56.5 Å². The highest BCUT2D eigenvalue weighted by Gasteiger charge is 2.27. The molecule has 1 saturated carbocycles. The van der Waals surface area contributed by atoms with Crippen LogP contribution >= 0.6 is 23.2 Å². The summed E-state index contributed by atoms with van der Waals surface area (Å²) < 4.78 is 6.45. The second kappa shape index (κ2) is 5.81. The Balaban J connectivity index is 2.12. The van der Waals surface area contributed by atoms with Crippen LogP contribution in [-0.2, 0) is 4.74 Å². The molecular weight excluding hydrogens is 313 g/mol. The maximum Gasteiger partial charge on any atom is 0.343 e. The fourth-order valence-electron chi connectivity index (χ4n) is 2.85. The van der Waals surface area contributed by atoms with Gasteiger partial charge in [-0.1, -0.05) is 36.0 Å². The normalized spacial score (nSPS) is 15.8. The number of esters is 1. The van der Waals surface area contributed by atoms with Crippen LogP contribution in [0.1, 0.15) is 54.4 Å². The van der Waals surface area contributed by atoms with E-state index in [4.69, 9.17) is 27.9 Å². The number of hydrogen-bond acceptors (Lipinski definition) is 4. The standard InChI is InChI=1S/C14H15Cl2N3O2/c1-2-21-14(20)9-7-17-19-12(16)10(8-5-3-4-6-8)11(15)18-13(9)19/h7-8H,2-6H2,1H3. The van der Waals surface area contributed by atoms with Crippen molar-refractivity contribution in [3.8, 4) is 0 Å². The van der Waals surface area contributed by atoms with E-state index >= 15 is 0 Å². The van der Waals surface area contributed by atoms with Gasteiger partial charge in [0, 0.05) is 5.56 Å². The number of aromatic nitrogens is 3. The molecule has 0 radical (unpaired) electrons. The first-order valence-corrected chi connectivity index (χ1v) is 7.78. The van der Waals surface area contributed by atoms with Crippen molar-refractivity contribution in [2.45, 2.75) is 38.5 Å². The van der Waals surface area contributed by atoms with Gasteiger partial charge in [0.15, 0.2) is 5.65 Å². The van der Waals surface area contributed by atoms with Crippen molar-refractivity contribution < 1.29 is 9.53 Å². The van der Waals surface area contributed by atoms with Crippen LogP contribution in [0.5, 0.6) is 0 Å². The number of nitrogens with zero attached hydrogens (tertiary/aromatic N) is 3. The quantitative estimate of drug-likeness (QED) is 0.634. The van der Waals surface area contributed by atoms with Crippen molar-refractivity contribution in [1.29, 1.82) is 0 Å². The van der Waals surface area contributed by atoms with Gasteiger partial charge in [-0.25, -0.2) is 14.3 Å². The fraction of sp³-hybridized carbons (Fsp3) is 0.500. The molecule has 2 heterocycles. The highest BCUT2D eigenvalue weighted by molar-refractivity contribution is 6.35. The second-order valence-electron chi connectivity index (χ2n) is 5.10. The summed E-state index contributed by atoms with van der Waals surface area (Å²) in [6, 6.07) is 0. The Morgan fingerprint density at radius 3 is 2.81 bits per heavy atom. The molecule has 1 aliphatic carbocycles. The lowest BCUT2D eigenvalue weighted by atomic mass is 10.0. The second-order valence-corrected chi connectivity index (χ2v) is 5.82. The van der Waals surface area contributed by atoms with Crippen molar-refractivity contribution in [3.05, 3.63) is 27.6 Å². The summed E-state index contributed by atoms with van der Waals surface area (Å²) in [5, 5.41) is 4.95. The molecule has 0 saturated heterocycles. The maximum absolute atomic E-state index is 11.9. The Hall–Kier alpha value is -1.33. The van der Waals surface area contributed by atoms with Crippen LogP contribution in [0, 0.1) is 0 Å². The van der Waals surface area contributed by atoms with Gasteiger partial charge >= 0.3 is 5.97 Å². The molecule has 0 aliphatic heterocycles. The van der Waals surface area contributed by atoms with Crippen LogP contribution in [0.15, 0.2) is 6.20 Å². The molecule has 7 heteroatoms. The molecule has 1 aliphatic rings. The minimum atomic E-state index is -0.472. The molecule has 5 nitrogen and oxygen atoms in total. The number of halogens is 2. The first-order valence-electron chi connectivity index (χ1n) is 7.03. The Bertz CT molecular complexity index is 693. The molecule has 2 aromatic heterocycles. The monoisotopic (exact) mass is 327 g/mol. The first kappa shape index (κ1) is 14.6. The van der Waals surface area contributed by atoms with Gasteiger partial charge in [-0.15, -0.1) is 0 Å². The van der Waals surface area contributed by atoms with E-state index in [1.54, 1.807) is 6.92 Å². The number of ether oxygens (including phenoxy) is 1. The summed E-state index contributed by atoms with van der Waals surface area (Å²) in [5.41, 5.74) is 1.45. The number of rotatable bonds is 3. The van der Waals surface area contributed by atoms with Gasteiger partial charge in [-0.2, -0.15) is 5.10 Å². The lowest BCUT2D eigenvalue weighted by molar-refractivity contribution is 0.0528. The van der Waals surface area contributed by atoms with Crippen molar-refractivity contribution in [3.63, 3.8) is 0 Å². The largest absolute Gasteiger partial charge is 0.462 e. The minimum Gasteiger partial charge on any atom is -0.462 e. The molecule has 0 aromatic carbocycles. The zero-order valence-electron chi connectivity index (χ0n) is 11.6. The number of fused-ring (bicyclic) bond motifs is 1. The van der Waals surface area contributed by atoms with E-state index in [9.17, 15) is 4.79 Å². The lowest BCUT2D eigenvalue weighted by Crippen LogP contribution is -2.07. The van der Waals surface area contributed by atoms with Crippen LogP contribution in [0.3, 0.4) is 0 Å². The van der Waals surface area contributed by atoms with E-state index in [2.05, 4.69) is 10.1 Å². The van der Waals surface area contributed by atoms with Crippen LogP contribution in [0.25, 0.3) is 5.65 Å². The molecule has 0 unspecified atom stereocenters. The van der Waals surface area contributed by atoms with Gasteiger partial charge in [0.25, 0.3) is 0 Å². The molecule has 3 rings (SSSR count). The first-order chi connectivity index (χ1) is 10.1. The third-order valence-electron chi connectivity index (χ3n) is 3.84. The van der Waals surface area contributed by atoms with Crippen molar-refractivity contribution >= 4 is 34.8 Å². The molecule has 0 bridgehead atoms. The smallest absolute Gasteiger partial charge is 0.343 e. The van der Waals surface area contributed by atoms with Crippen LogP contribution in [0.4, 0.5) is 0 Å². The molecule has 1 fully saturated rings. The third kappa shape index (κ3) is 2.49. The minimum absolute atomic E-state index is 0.277. The summed E-state index contributed by atoms with van der Waals surface area (Å²) in [4.78, 5) is 16.2. The Morgan fingerprint density at radius 1 is 1.43 bits per heavy atom. The molecule has 112 valence electrons. The van der Waals surface area contributed by atoms with Crippen molar-refractivity contribution in [1.82, 2.24) is 14.6 Å². The van der Waals surface area contributed by atoms with Crippen molar-refractivity contribution in [2.75, 3.05) is 6.61 Å². The summed E-state index contributed by atoms with van der Waals surface area (Å²) in [7, 11) is 0. The Labute approximate surface area is 132 Å². The van der Waals surface area contributed by atoms with E-state index in [0.717, 1.165) is 18.4 Å². The number of hydrogen-bond donors (Lipinski definition) is 0. The van der Waals surface area contributed by atoms with Crippen molar-refractivity contribution in [2.24, 2.45) is 0 Å². The summed E-state index contributed by atoms with van der Waals surface area (Å²) in [5.74, 6) is -0.155. The Morgan fingerprint density at radius 2 is 2.14 bits per heavy atom. The summed E-state index contributed by atoms with van der Waals surface area (Å²) >= 11 is 12.8. The zero-order valence-corrected chi connectivity index (χ0v) is 13.1.